The van der Waals surface area contributed by atoms with Crippen molar-refractivity contribution in [1.82, 2.24) is 0 Å². The fourth-order valence-electron chi connectivity index (χ4n) is 0.797. The summed E-state index contributed by atoms with van der Waals surface area (Å²) < 4.78 is 11.3. The van der Waals surface area contributed by atoms with Crippen LogP contribution in [0.1, 0.15) is 0 Å². The molecule has 0 bridgehead atoms. The first-order chi connectivity index (χ1) is 5.34. The maximum atomic E-state index is 11.3. The van der Waals surface area contributed by atoms with Gasteiger partial charge in [0.25, 0.3) is 0 Å². The number of rotatable bonds is 3. The molecule has 0 spiro atoms. The summed E-state index contributed by atoms with van der Waals surface area (Å²) >= 11 is -0.908. The lowest BCUT2D eigenvalue weighted by Gasteiger charge is -2.07. The molecule has 0 heterocycles. The molecular weight excluding hydrogens is 158 g/mol. The van der Waals surface area contributed by atoms with E-state index >= 15 is 0 Å². The van der Waals surface area contributed by atoms with Crippen molar-refractivity contribution >= 4 is 11.2 Å². The van der Waals surface area contributed by atoms with E-state index in [1.807, 2.05) is 30.3 Å². The Morgan fingerprint density at radius 2 is 1.91 bits per heavy atom. The zero-order chi connectivity index (χ0) is 8.10. The van der Waals surface area contributed by atoms with Crippen molar-refractivity contribution in [2.75, 3.05) is 12.3 Å². The van der Waals surface area contributed by atoms with E-state index in [2.05, 4.69) is 0 Å². The van der Waals surface area contributed by atoms with Crippen LogP contribution >= 0.6 is 0 Å². The van der Waals surface area contributed by atoms with E-state index in [9.17, 15) is 4.55 Å². The van der Waals surface area contributed by atoms with E-state index in [1.165, 1.54) is 0 Å². The van der Waals surface area contributed by atoms with Crippen LogP contribution in [0.5, 0.6) is 0 Å². The minimum absolute atomic E-state index is 0.474. The Hall–Kier alpha value is -0.510. The zero-order valence-electron chi connectivity index (χ0n) is 6.19. The van der Waals surface area contributed by atoms with Crippen LogP contribution in [0.4, 0.5) is 0 Å². The largest absolute Gasteiger partial charge is 0.611 e. The molecule has 1 atom stereocenters. The van der Waals surface area contributed by atoms with E-state index in [0.29, 0.717) is 12.3 Å². The summed E-state index contributed by atoms with van der Waals surface area (Å²) in [5, 5.41) is 0. The summed E-state index contributed by atoms with van der Waals surface area (Å²) in [5.41, 5.74) is 5.27. The van der Waals surface area contributed by atoms with Gasteiger partial charge in [-0.15, -0.1) is 0 Å². The van der Waals surface area contributed by atoms with Gasteiger partial charge in [-0.1, -0.05) is 18.2 Å². The van der Waals surface area contributed by atoms with Gasteiger partial charge in [-0.25, -0.2) is 0 Å². The van der Waals surface area contributed by atoms with Crippen molar-refractivity contribution in [1.29, 1.82) is 0 Å². The Bertz CT molecular complexity index is 203. The lowest BCUT2D eigenvalue weighted by molar-refractivity contribution is 0.595. The average Bonchev–Trinajstić information content (AvgIpc) is 2.07. The first-order valence-corrected chi connectivity index (χ1v) is 4.80. The molecule has 0 aliphatic carbocycles. The minimum atomic E-state index is -0.908. The predicted octanol–water partition coefficient (Wildman–Crippen LogP) is 0.753. The Morgan fingerprint density at radius 1 is 1.27 bits per heavy atom. The Morgan fingerprint density at radius 3 is 2.45 bits per heavy atom. The first-order valence-electron chi connectivity index (χ1n) is 3.48. The van der Waals surface area contributed by atoms with Crippen LogP contribution in [-0.4, -0.2) is 16.9 Å². The van der Waals surface area contributed by atoms with E-state index in [1.54, 1.807) is 0 Å². The van der Waals surface area contributed by atoms with Crippen molar-refractivity contribution < 1.29 is 4.55 Å². The van der Waals surface area contributed by atoms with Crippen LogP contribution < -0.4 is 5.73 Å². The Balaban J connectivity index is 2.61. The molecule has 2 N–H and O–H groups in total. The fourth-order valence-corrected chi connectivity index (χ4v) is 1.71. The number of hydrogen-bond donors (Lipinski definition) is 1. The number of hydrogen-bond acceptors (Lipinski definition) is 2. The molecule has 0 fully saturated rings. The summed E-state index contributed by atoms with van der Waals surface area (Å²) in [6.07, 6.45) is 0. The smallest absolute Gasteiger partial charge is 0.152 e. The monoisotopic (exact) mass is 169 g/mol. The molecule has 0 radical (unpaired) electrons. The highest BCUT2D eigenvalue weighted by atomic mass is 32.2. The molecule has 60 valence electrons. The van der Waals surface area contributed by atoms with E-state index in [0.717, 1.165) is 4.90 Å². The molecule has 1 aromatic rings. The van der Waals surface area contributed by atoms with Crippen molar-refractivity contribution in [3.8, 4) is 0 Å². The quantitative estimate of drug-likeness (QED) is 0.679. The third-order valence-corrected chi connectivity index (χ3v) is 2.71. The first kappa shape index (κ1) is 8.59. The third-order valence-electron chi connectivity index (χ3n) is 1.31. The summed E-state index contributed by atoms with van der Waals surface area (Å²) in [4.78, 5) is 0.859. The summed E-state index contributed by atoms with van der Waals surface area (Å²) in [6, 6.07) is 9.37. The predicted molar refractivity (Wildman–Crippen MR) is 46.8 cm³/mol. The fraction of sp³-hybridized carbons (Fsp3) is 0.250. The van der Waals surface area contributed by atoms with Gasteiger partial charge in [0.05, 0.1) is 0 Å². The molecule has 0 aliphatic rings. The van der Waals surface area contributed by atoms with Gasteiger partial charge in [-0.3, -0.25) is 0 Å². The SMILES string of the molecule is NCC[S+]([O-])c1ccccc1. The minimum Gasteiger partial charge on any atom is -0.611 e. The van der Waals surface area contributed by atoms with Crippen LogP contribution in [0.15, 0.2) is 35.2 Å². The van der Waals surface area contributed by atoms with Crippen molar-refractivity contribution in [2.24, 2.45) is 5.73 Å². The Labute approximate surface area is 69.6 Å². The molecule has 1 aromatic carbocycles. The molecule has 1 rings (SSSR count). The summed E-state index contributed by atoms with van der Waals surface area (Å²) in [5.74, 6) is 0.546. The van der Waals surface area contributed by atoms with Gasteiger partial charge < -0.3 is 10.3 Å². The number of nitrogens with two attached hydrogens (primary N) is 1. The Kier molecular flexibility index (Phi) is 3.42. The average molecular weight is 169 g/mol. The summed E-state index contributed by atoms with van der Waals surface area (Å²) in [7, 11) is 0. The maximum Gasteiger partial charge on any atom is 0.152 e. The molecule has 0 saturated carbocycles. The molecule has 2 nitrogen and oxygen atoms in total. The van der Waals surface area contributed by atoms with Gasteiger partial charge in [0, 0.05) is 6.54 Å². The van der Waals surface area contributed by atoms with Gasteiger partial charge >= 0.3 is 0 Å². The second-order valence-electron chi connectivity index (χ2n) is 2.15. The lowest BCUT2D eigenvalue weighted by Crippen LogP contribution is -2.15. The van der Waals surface area contributed by atoms with Gasteiger partial charge in [0.15, 0.2) is 4.90 Å². The molecular formula is C8H11NOS. The maximum absolute atomic E-state index is 11.3. The standard InChI is InChI=1S/C8H11NOS/c9-6-7-11(10)8-4-2-1-3-5-8/h1-5H,6-7,9H2. The lowest BCUT2D eigenvalue weighted by atomic mass is 10.4. The van der Waals surface area contributed by atoms with Gasteiger partial charge in [-0.05, 0) is 23.3 Å². The highest BCUT2D eigenvalue weighted by molar-refractivity contribution is 7.91. The normalized spacial score (nSPS) is 12.9. The third kappa shape index (κ3) is 2.54. The molecule has 3 heteroatoms. The van der Waals surface area contributed by atoms with Gasteiger partial charge in [0.1, 0.15) is 5.75 Å². The van der Waals surface area contributed by atoms with Crippen LogP contribution in [0.25, 0.3) is 0 Å². The van der Waals surface area contributed by atoms with Crippen LogP contribution in [-0.2, 0) is 11.2 Å². The molecule has 0 amide bonds. The zero-order valence-corrected chi connectivity index (χ0v) is 7.01. The number of benzene rings is 1. The van der Waals surface area contributed by atoms with Gasteiger partial charge in [0.2, 0.25) is 0 Å². The highest BCUT2D eigenvalue weighted by Gasteiger charge is 2.06. The van der Waals surface area contributed by atoms with Crippen LogP contribution in [0, 0.1) is 0 Å². The van der Waals surface area contributed by atoms with Crippen molar-refractivity contribution in [3.05, 3.63) is 30.3 Å². The summed E-state index contributed by atoms with van der Waals surface area (Å²) in [6.45, 7) is 0.474. The van der Waals surface area contributed by atoms with Crippen LogP contribution in [0.3, 0.4) is 0 Å². The van der Waals surface area contributed by atoms with Gasteiger partial charge in [-0.2, -0.15) is 0 Å². The second kappa shape index (κ2) is 4.38. The van der Waals surface area contributed by atoms with E-state index in [-0.39, 0.29) is 0 Å². The van der Waals surface area contributed by atoms with E-state index in [4.69, 9.17) is 5.73 Å². The van der Waals surface area contributed by atoms with E-state index < -0.39 is 11.2 Å². The highest BCUT2D eigenvalue weighted by Crippen LogP contribution is 2.08. The molecule has 0 aliphatic heterocycles. The van der Waals surface area contributed by atoms with Crippen molar-refractivity contribution in [3.63, 3.8) is 0 Å². The molecule has 0 saturated heterocycles. The molecule has 11 heavy (non-hydrogen) atoms. The molecule has 0 aromatic heterocycles. The molecule has 1 unspecified atom stereocenters. The second-order valence-corrected chi connectivity index (χ2v) is 3.72. The van der Waals surface area contributed by atoms with Crippen LogP contribution in [0.2, 0.25) is 0 Å². The van der Waals surface area contributed by atoms with Crippen molar-refractivity contribution in [2.45, 2.75) is 4.90 Å². The topological polar surface area (TPSA) is 49.1 Å².